The zero-order valence-corrected chi connectivity index (χ0v) is 12.4. The van der Waals surface area contributed by atoms with Crippen molar-refractivity contribution >= 4 is 5.78 Å². The summed E-state index contributed by atoms with van der Waals surface area (Å²) in [4.78, 5) is 12.4. The lowest BCUT2D eigenvalue weighted by Crippen LogP contribution is -2.17. The van der Waals surface area contributed by atoms with Gasteiger partial charge in [0.2, 0.25) is 0 Å². The highest BCUT2D eigenvalue weighted by Gasteiger charge is 2.17. The molecule has 0 aliphatic heterocycles. The number of nitrogens with two attached hydrogens (primary N) is 1. The zero-order valence-electron chi connectivity index (χ0n) is 12.4. The minimum Gasteiger partial charge on any atom is -0.497 e. The number of hydrogen-bond donors (Lipinski definition) is 1. The fraction of sp³-hybridized carbons (Fsp3) is 0.562. The van der Waals surface area contributed by atoms with E-state index in [0.717, 1.165) is 36.1 Å². The van der Waals surface area contributed by atoms with Crippen LogP contribution in [0.1, 0.15) is 49.0 Å². The van der Waals surface area contributed by atoms with E-state index in [2.05, 4.69) is 0 Å². The van der Waals surface area contributed by atoms with E-state index in [4.69, 9.17) is 10.5 Å². The Morgan fingerprint density at radius 2 is 2.00 bits per heavy atom. The van der Waals surface area contributed by atoms with Crippen LogP contribution < -0.4 is 10.5 Å². The number of ketones is 1. The average molecular weight is 263 g/mol. The number of methoxy groups -OCH3 is 1. The first-order valence-corrected chi connectivity index (χ1v) is 6.90. The second-order valence-corrected chi connectivity index (χ2v) is 5.35. The van der Waals surface area contributed by atoms with Crippen molar-refractivity contribution < 1.29 is 9.53 Å². The molecule has 0 aliphatic carbocycles. The van der Waals surface area contributed by atoms with Crippen molar-refractivity contribution in [1.82, 2.24) is 0 Å². The van der Waals surface area contributed by atoms with Gasteiger partial charge in [-0.3, -0.25) is 4.79 Å². The Kier molecular flexibility index (Phi) is 6.03. The van der Waals surface area contributed by atoms with Crippen molar-refractivity contribution in [2.75, 3.05) is 7.11 Å². The van der Waals surface area contributed by atoms with Crippen molar-refractivity contribution in [3.05, 3.63) is 29.3 Å². The van der Waals surface area contributed by atoms with Gasteiger partial charge in [0.25, 0.3) is 0 Å². The molecule has 2 unspecified atom stereocenters. The summed E-state index contributed by atoms with van der Waals surface area (Å²) >= 11 is 0. The van der Waals surface area contributed by atoms with Gasteiger partial charge in [-0.25, -0.2) is 0 Å². The normalized spacial score (nSPS) is 13.9. The number of ether oxygens (including phenoxy) is 1. The molecule has 0 spiro atoms. The van der Waals surface area contributed by atoms with E-state index in [-0.39, 0.29) is 17.7 Å². The van der Waals surface area contributed by atoms with E-state index in [0.29, 0.717) is 0 Å². The van der Waals surface area contributed by atoms with Crippen LogP contribution in [0.4, 0.5) is 0 Å². The molecule has 3 nitrogen and oxygen atoms in total. The van der Waals surface area contributed by atoms with Gasteiger partial charge in [0, 0.05) is 17.5 Å². The molecule has 2 atom stereocenters. The molecule has 3 heteroatoms. The van der Waals surface area contributed by atoms with Crippen LogP contribution in [-0.4, -0.2) is 18.9 Å². The van der Waals surface area contributed by atoms with Crippen LogP contribution in [0, 0.1) is 12.8 Å². The third-order valence-corrected chi connectivity index (χ3v) is 3.44. The Morgan fingerprint density at radius 1 is 1.32 bits per heavy atom. The third kappa shape index (κ3) is 4.67. The van der Waals surface area contributed by atoms with Gasteiger partial charge >= 0.3 is 0 Å². The van der Waals surface area contributed by atoms with Gasteiger partial charge in [0.15, 0.2) is 5.78 Å². The van der Waals surface area contributed by atoms with Crippen molar-refractivity contribution in [2.24, 2.45) is 11.7 Å². The van der Waals surface area contributed by atoms with Crippen LogP contribution in [0.5, 0.6) is 5.75 Å². The Morgan fingerprint density at radius 3 is 2.53 bits per heavy atom. The molecular formula is C16H25NO2. The molecule has 2 N–H and O–H groups in total. The van der Waals surface area contributed by atoms with E-state index in [9.17, 15) is 4.79 Å². The number of aryl methyl sites for hydroxylation is 1. The van der Waals surface area contributed by atoms with Gasteiger partial charge in [0.05, 0.1) is 7.11 Å². The molecule has 0 saturated heterocycles. The molecule has 0 saturated carbocycles. The molecule has 1 rings (SSSR count). The van der Waals surface area contributed by atoms with E-state index in [1.54, 1.807) is 7.11 Å². The standard InChI is InChI=1S/C16H25NO2/c1-11(6-5-7-13(3)17)16(18)15-9-8-14(19-4)10-12(15)2/h8-11,13H,5-7,17H2,1-4H3. The summed E-state index contributed by atoms with van der Waals surface area (Å²) in [6, 6.07) is 5.82. The topological polar surface area (TPSA) is 52.3 Å². The number of carbonyl (C=O) groups excluding carboxylic acids is 1. The summed E-state index contributed by atoms with van der Waals surface area (Å²) in [5.74, 6) is 1.05. The Hall–Kier alpha value is -1.35. The maximum atomic E-state index is 12.4. The summed E-state index contributed by atoms with van der Waals surface area (Å²) in [6.07, 6.45) is 2.87. The maximum absolute atomic E-state index is 12.4. The number of Topliss-reactive ketones (excluding diaryl/α,β-unsaturated/α-hetero) is 1. The summed E-state index contributed by atoms with van der Waals surface area (Å²) in [5.41, 5.74) is 7.50. The first-order chi connectivity index (χ1) is 8.95. The SMILES string of the molecule is COc1ccc(C(=O)C(C)CCCC(C)N)c(C)c1. The molecule has 1 aromatic rings. The van der Waals surface area contributed by atoms with E-state index >= 15 is 0 Å². The van der Waals surface area contributed by atoms with Crippen LogP contribution in [-0.2, 0) is 0 Å². The molecule has 19 heavy (non-hydrogen) atoms. The molecule has 106 valence electrons. The Bertz CT molecular complexity index is 427. The summed E-state index contributed by atoms with van der Waals surface area (Å²) in [5, 5.41) is 0. The van der Waals surface area contributed by atoms with Gasteiger partial charge < -0.3 is 10.5 Å². The van der Waals surface area contributed by atoms with Crippen LogP contribution in [0.2, 0.25) is 0 Å². The van der Waals surface area contributed by atoms with Crippen LogP contribution in [0.15, 0.2) is 18.2 Å². The highest BCUT2D eigenvalue weighted by Crippen LogP contribution is 2.21. The Labute approximate surface area is 116 Å². The largest absolute Gasteiger partial charge is 0.497 e. The lowest BCUT2D eigenvalue weighted by atomic mass is 9.91. The number of carbonyl (C=O) groups is 1. The first-order valence-electron chi connectivity index (χ1n) is 6.90. The molecule has 0 bridgehead atoms. The van der Waals surface area contributed by atoms with Gasteiger partial charge in [-0.1, -0.05) is 13.3 Å². The van der Waals surface area contributed by atoms with Gasteiger partial charge in [-0.05, 0) is 50.5 Å². The van der Waals surface area contributed by atoms with Crippen molar-refractivity contribution in [3.63, 3.8) is 0 Å². The molecule has 0 radical (unpaired) electrons. The van der Waals surface area contributed by atoms with E-state index in [1.807, 2.05) is 39.0 Å². The number of hydrogen-bond acceptors (Lipinski definition) is 3. The first kappa shape index (κ1) is 15.7. The minimum atomic E-state index is 0.0471. The second kappa shape index (κ2) is 7.29. The summed E-state index contributed by atoms with van der Waals surface area (Å²) in [6.45, 7) is 5.94. The lowest BCUT2D eigenvalue weighted by Gasteiger charge is -2.13. The highest BCUT2D eigenvalue weighted by molar-refractivity contribution is 5.99. The predicted octanol–water partition coefficient (Wildman–Crippen LogP) is 3.34. The van der Waals surface area contributed by atoms with Crippen molar-refractivity contribution in [2.45, 2.75) is 46.1 Å². The fourth-order valence-electron chi connectivity index (χ4n) is 2.18. The van der Waals surface area contributed by atoms with Gasteiger partial charge in [-0.2, -0.15) is 0 Å². The third-order valence-electron chi connectivity index (χ3n) is 3.44. The average Bonchev–Trinajstić information content (AvgIpc) is 2.37. The van der Waals surface area contributed by atoms with Crippen molar-refractivity contribution in [1.29, 1.82) is 0 Å². The predicted molar refractivity (Wildman–Crippen MR) is 78.7 cm³/mol. The lowest BCUT2D eigenvalue weighted by molar-refractivity contribution is 0.0921. The molecule has 0 aromatic heterocycles. The highest BCUT2D eigenvalue weighted by atomic mass is 16.5. The molecule has 0 aliphatic rings. The number of benzene rings is 1. The van der Waals surface area contributed by atoms with Crippen LogP contribution in [0.3, 0.4) is 0 Å². The van der Waals surface area contributed by atoms with Gasteiger partial charge in [0.1, 0.15) is 5.75 Å². The maximum Gasteiger partial charge on any atom is 0.165 e. The monoisotopic (exact) mass is 263 g/mol. The minimum absolute atomic E-state index is 0.0471. The second-order valence-electron chi connectivity index (χ2n) is 5.35. The van der Waals surface area contributed by atoms with E-state index < -0.39 is 0 Å². The molecule has 0 heterocycles. The van der Waals surface area contributed by atoms with Gasteiger partial charge in [-0.15, -0.1) is 0 Å². The molecule has 0 amide bonds. The van der Waals surface area contributed by atoms with E-state index in [1.165, 1.54) is 0 Å². The van der Waals surface area contributed by atoms with Crippen molar-refractivity contribution in [3.8, 4) is 5.75 Å². The summed E-state index contributed by atoms with van der Waals surface area (Å²) in [7, 11) is 1.63. The van der Waals surface area contributed by atoms with Crippen LogP contribution >= 0.6 is 0 Å². The molecular weight excluding hydrogens is 238 g/mol. The number of rotatable bonds is 7. The summed E-state index contributed by atoms with van der Waals surface area (Å²) < 4.78 is 5.16. The quantitative estimate of drug-likeness (QED) is 0.768. The Balaban J connectivity index is 2.66. The molecule has 0 fully saturated rings. The van der Waals surface area contributed by atoms with Crippen LogP contribution in [0.25, 0.3) is 0 Å². The zero-order chi connectivity index (χ0) is 14.4. The smallest absolute Gasteiger partial charge is 0.165 e. The fourth-order valence-corrected chi connectivity index (χ4v) is 2.18. The molecule has 1 aromatic carbocycles.